The zero-order chi connectivity index (χ0) is 10.4. The van der Waals surface area contributed by atoms with E-state index in [2.05, 4.69) is 17.7 Å². The molecule has 0 aromatic heterocycles. The average Bonchev–Trinajstić information content (AvgIpc) is 2.21. The van der Waals surface area contributed by atoms with Crippen LogP contribution in [-0.4, -0.2) is 13.1 Å². The van der Waals surface area contributed by atoms with Crippen molar-refractivity contribution in [3.63, 3.8) is 0 Å². The van der Waals surface area contributed by atoms with Gasteiger partial charge in [-0.1, -0.05) is 18.6 Å². The molecule has 1 aliphatic rings. The number of rotatable bonds is 3. The molecule has 1 aliphatic carbocycles. The van der Waals surface area contributed by atoms with Gasteiger partial charge in [0, 0.05) is 6.42 Å². The Morgan fingerprint density at radius 3 is 2.64 bits per heavy atom. The summed E-state index contributed by atoms with van der Waals surface area (Å²) < 4.78 is 4.67. The summed E-state index contributed by atoms with van der Waals surface area (Å²) >= 11 is 0. The van der Waals surface area contributed by atoms with E-state index < -0.39 is 0 Å². The van der Waals surface area contributed by atoms with Gasteiger partial charge < -0.3 is 4.74 Å². The average molecular weight is 196 g/mol. The van der Waals surface area contributed by atoms with Crippen molar-refractivity contribution in [2.45, 2.75) is 45.4 Å². The fourth-order valence-electron chi connectivity index (χ4n) is 2.06. The molecule has 2 nitrogen and oxygen atoms in total. The maximum atomic E-state index is 11.1. The van der Waals surface area contributed by atoms with E-state index in [0.29, 0.717) is 12.3 Å². The van der Waals surface area contributed by atoms with Crippen LogP contribution in [0.3, 0.4) is 0 Å². The minimum atomic E-state index is -0.0575. The molecule has 0 radical (unpaired) electrons. The van der Waals surface area contributed by atoms with Crippen LogP contribution in [0.1, 0.15) is 45.4 Å². The van der Waals surface area contributed by atoms with Crippen LogP contribution in [0, 0.1) is 5.92 Å². The SMILES string of the molecule is CCC=C1CCC(CC(=O)OC)CC1. The Hall–Kier alpha value is -0.790. The summed E-state index contributed by atoms with van der Waals surface area (Å²) in [6.07, 6.45) is 8.73. The quantitative estimate of drug-likeness (QED) is 0.512. The molecule has 1 fully saturated rings. The van der Waals surface area contributed by atoms with Crippen molar-refractivity contribution in [1.29, 1.82) is 0 Å². The van der Waals surface area contributed by atoms with Gasteiger partial charge in [0.25, 0.3) is 0 Å². The van der Waals surface area contributed by atoms with Gasteiger partial charge in [-0.2, -0.15) is 0 Å². The molecular weight excluding hydrogens is 176 g/mol. The Morgan fingerprint density at radius 2 is 2.14 bits per heavy atom. The third kappa shape index (κ3) is 3.52. The van der Waals surface area contributed by atoms with E-state index in [1.54, 1.807) is 5.57 Å². The molecule has 0 unspecified atom stereocenters. The normalized spacial score (nSPS) is 21.9. The van der Waals surface area contributed by atoms with E-state index in [0.717, 1.165) is 19.3 Å². The molecule has 0 amide bonds. The zero-order valence-corrected chi connectivity index (χ0v) is 9.21. The fraction of sp³-hybridized carbons (Fsp3) is 0.750. The molecule has 0 spiro atoms. The first-order valence-electron chi connectivity index (χ1n) is 5.51. The number of hydrogen-bond donors (Lipinski definition) is 0. The smallest absolute Gasteiger partial charge is 0.305 e. The third-order valence-electron chi connectivity index (χ3n) is 2.92. The van der Waals surface area contributed by atoms with E-state index in [9.17, 15) is 4.79 Å². The van der Waals surface area contributed by atoms with Crippen LogP contribution in [-0.2, 0) is 9.53 Å². The van der Waals surface area contributed by atoms with E-state index in [1.807, 2.05) is 0 Å². The standard InChI is InChI=1S/C12H20O2/c1-3-4-10-5-7-11(8-6-10)9-12(13)14-2/h4,11H,3,5-9H2,1-2H3. The maximum Gasteiger partial charge on any atom is 0.305 e. The number of methoxy groups -OCH3 is 1. The Balaban J connectivity index is 2.29. The lowest BCUT2D eigenvalue weighted by Gasteiger charge is -2.22. The van der Waals surface area contributed by atoms with Gasteiger partial charge in [-0.3, -0.25) is 4.79 Å². The summed E-state index contributed by atoms with van der Waals surface area (Å²) in [5.74, 6) is 0.495. The highest BCUT2D eigenvalue weighted by Gasteiger charge is 2.19. The molecule has 0 atom stereocenters. The van der Waals surface area contributed by atoms with Crippen LogP contribution in [0.25, 0.3) is 0 Å². The van der Waals surface area contributed by atoms with Gasteiger partial charge in [0.05, 0.1) is 7.11 Å². The molecule has 0 aromatic rings. The molecule has 0 aromatic carbocycles. The zero-order valence-electron chi connectivity index (χ0n) is 9.21. The summed E-state index contributed by atoms with van der Waals surface area (Å²) in [5.41, 5.74) is 1.58. The van der Waals surface area contributed by atoms with Crippen LogP contribution in [0.2, 0.25) is 0 Å². The first-order valence-corrected chi connectivity index (χ1v) is 5.51. The van der Waals surface area contributed by atoms with Gasteiger partial charge in [-0.05, 0) is 38.0 Å². The molecule has 14 heavy (non-hydrogen) atoms. The highest BCUT2D eigenvalue weighted by molar-refractivity contribution is 5.69. The minimum Gasteiger partial charge on any atom is -0.469 e. The van der Waals surface area contributed by atoms with Gasteiger partial charge in [0.15, 0.2) is 0 Å². The minimum absolute atomic E-state index is 0.0575. The van der Waals surface area contributed by atoms with Gasteiger partial charge >= 0.3 is 5.97 Å². The van der Waals surface area contributed by atoms with Crippen molar-refractivity contribution in [3.05, 3.63) is 11.6 Å². The Morgan fingerprint density at radius 1 is 1.50 bits per heavy atom. The third-order valence-corrected chi connectivity index (χ3v) is 2.92. The lowest BCUT2D eigenvalue weighted by Crippen LogP contribution is -2.14. The van der Waals surface area contributed by atoms with Crippen LogP contribution < -0.4 is 0 Å². The molecule has 0 saturated heterocycles. The van der Waals surface area contributed by atoms with Gasteiger partial charge in [-0.15, -0.1) is 0 Å². The van der Waals surface area contributed by atoms with Crippen LogP contribution in [0.5, 0.6) is 0 Å². The largest absolute Gasteiger partial charge is 0.469 e. The molecule has 80 valence electrons. The molecule has 0 bridgehead atoms. The highest BCUT2D eigenvalue weighted by Crippen LogP contribution is 2.30. The maximum absolute atomic E-state index is 11.1. The molecule has 1 rings (SSSR count). The predicted octanol–water partition coefficient (Wildman–Crippen LogP) is 3.08. The van der Waals surface area contributed by atoms with Gasteiger partial charge in [-0.25, -0.2) is 0 Å². The summed E-state index contributed by atoms with van der Waals surface area (Å²) in [7, 11) is 1.47. The number of hydrogen-bond acceptors (Lipinski definition) is 2. The number of carbonyl (C=O) groups is 1. The molecule has 0 aliphatic heterocycles. The summed E-state index contributed by atoms with van der Waals surface area (Å²) in [4.78, 5) is 11.1. The molecule has 2 heteroatoms. The molecule has 1 saturated carbocycles. The molecule has 0 N–H and O–H groups in total. The van der Waals surface area contributed by atoms with E-state index >= 15 is 0 Å². The van der Waals surface area contributed by atoms with Crippen LogP contribution in [0.4, 0.5) is 0 Å². The summed E-state index contributed by atoms with van der Waals surface area (Å²) in [6.45, 7) is 2.17. The predicted molar refractivity (Wildman–Crippen MR) is 57.0 cm³/mol. The van der Waals surface area contributed by atoms with Crippen molar-refractivity contribution >= 4 is 5.97 Å². The number of esters is 1. The number of ether oxygens (including phenoxy) is 1. The van der Waals surface area contributed by atoms with E-state index in [1.165, 1.54) is 20.0 Å². The lowest BCUT2D eigenvalue weighted by molar-refractivity contribution is -0.141. The van der Waals surface area contributed by atoms with Crippen molar-refractivity contribution < 1.29 is 9.53 Å². The topological polar surface area (TPSA) is 26.3 Å². The molecule has 0 heterocycles. The van der Waals surface area contributed by atoms with Crippen molar-refractivity contribution in [2.75, 3.05) is 7.11 Å². The van der Waals surface area contributed by atoms with Crippen LogP contribution >= 0.6 is 0 Å². The molecular formula is C12H20O2. The van der Waals surface area contributed by atoms with Crippen molar-refractivity contribution in [3.8, 4) is 0 Å². The van der Waals surface area contributed by atoms with Crippen molar-refractivity contribution in [2.24, 2.45) is 5.92 Å². The van der Waals surface area contributed by atoms with Crippen LogP contribution in [0.15, 0.2) is 11.6 Å². The summed E-state index contributed by atoms with van der Waals surface area (Å²) in [6, 6.07) is 0. The van der Waals surface area contributed by atoms with E-state index in [4.69, 9.17) is 0 Å². The Kier molecular flexibility index (Phi) is 4.71. The second-order valence-corrected chi connectivity index (χ2v) is 3.99. The summed E-state index contributed by atoms with van der Waals surface area (Å²) in [5, 5.41) is 0. The fourth-order valence-corrected chi connectivity index (χ4v) is 2.06. The number of carbonyl (C=O) groups excluding carboxylic acids is 1. The van der Waals surface area contributed by atoms with Crippen molar-refractivity contribution in [1.82, 2.24) is 0 Å². The first kappa shape index (κ1) is 11.3. The lowest BCUT2D eigenvalue weighted by atomic mass is 9.84. The number of allylic oxidation sites excluding steroid dienone is 2. The Bertz CT molecular complexity index is 208. The van der Waals surface area contributed by atoms with Gasteiger partial charge in [0.2, 0.25) is 0 Å². The highest BCUT2D eigenvalue weighted by atomic mass is 16.5. The van der Waals surface area contributed by atoms with E-state index in [-0.39, 0.29) is 5.97 Å². The first-order chi connectivity index (χ1) is 6.76. The Labute approximate surface area is 86.3 Å². The second-order valence-electron chi connectivity index (χ2n) is 3.99. The monoisotopic (exact) mass is 196 g/mol. The van der Waals surface area contributed by atoms with Gasteiger partial charge in [0.1, 0.15) is 0 Å². The second kappa shape index (κ2) is 5.84.